The van der Waals surface area contributed by atoms with Crippen molar-refractivity contribution >= 4 is 11.7 Å². The highest BCUT2D eigenvalue weighted by molar-refractivity contribution is 5.96. The monoisotopic (exact) mass is 262 g/mol. The Hall–Kier alpha value is -1.81. The van der Waals surface area contributed by atoms with Crippen molar-refractivity contribution in [2.45, 2.75) is 25.4 Å². The molecule has 19 heavy (non-hydrogen) atoms. The van der Waals surface area contributed by atoms with E-state index in [1.54, 1.807) is 0 Å². The smallest absolute Gasteiger partial charge is 0.338 e. The summed E-state index contributed by atoms with van der Waals surface area (Å²) in [6, 6.07) is 7.76. The van der Waals surface area contributed by atoms with Gasteiger partial charge in [-0.25, -0.2) is 4.79 Å². The van der Waals surface area contributed by atoms with Crippen molar-refractivity contribution in [1.82, 2.24) is 0 Å². The van der Waals surface area contributed by atoms with Crippen LogP contribution in [-0.2, 0) is 20.7 Å². The molecule has 1 aliphatic rings. The molecule has 1 aromatic carbocycles. The van der Waals surface area contributed by atoms with E-state index in [1.807, 2.05) is 24.3 Å². The highest BCUT2D eigenvalue weighted by atomic mass is 16.5. The number of carboxylic acid groups (broad SMARTS) is 1. The lowest BCUT2D eigenvalue weighted by atomic mass is 9.91. The number of ether oxygens (including phenoxy) is 2. The van der Waals surface area contributed by atoms with Crippen LogP contribution in [0.3, 0.4) is 0 Å². The first kappa shape index (κ1) is 13.6. The molecule has 0 bridgehead atoms. The fourth-order valence-corrected chi connectivity index (χ4v) is 2.56. The molecule has 2 rings (SSSR count). The summed E-state index contributed by atoms with van der Waals surface area (Å²) in [4.78, 5) is 11.5. The maximum absolute atomic E-state index is 11.5. The lowest BCUT2D eigenvalue weighted by Crippen LogP contribution is -2.24. The summed E-state index contributed by atoms with van der Waals surface area (Å²) >= 11 is 0. The summed E-state index contributed by atoms with van der Waals surface area (Å²) in [5, 5.41) is 9.47. The molecule has 102 valence electrons. The van der Waals surface area contributed by atoms with Crippen LogP contribution < -0.4 is 0 Å². The molecule has 1 unspecified atom stereocenters. The second kappa shape index (κ2) is 5.89. The molecular weight excluding hydrogens is 244 g/mol. The molecule has 0 amide bonds. The summed E-state index contributed by atoms with van der Waals surface area (Å²) in [6.07, 6.45) is 2.04. The van der Waals surface area contributed by atoms with Gasteiger partial charge in [-0.15, -0.1) is 0 Å². The van der Waals surface area contributed by atoms with Crippen LogP contribution in [0.15, 0.2) is 29.8 Å². The summed E-state index contributed by atoms with van der Waals surface area (Å²) in [6.45, 7) is 0. The van der Waals surface area contributed by atoms with Gasteiger partial charge in [0.2, 0.25) is 0 Å². The number of hydrogen-bond acceptors (Lipinski definition) is 3. The molecule has 0 spiro atoms. The van der Waals surface area contributed by atoms with Crippen molar-refractivity contribution in [1.29, 1.82) is 0 Å². The van der Waals surface area contributed by atoms with Crippen molar-refractivity contribution in [3.8, 4) is 0 Å². The van der Waals surface area contributed by atoms with Crippen LogP contribution in [0.1, 0.15) is 24.0 Å². The van der Waals surface area contributed by atoms with Crippen LogP contribution in [0, 0.1) is 0 Å². The Morgan fingerprint density at radius 1 is 1.32 bits per heavy atom. The van der Waals surface area contributed by atoms with E-state index in [2.05, 4.69) is 0 Å². The van der Waals surface area contributed by atoms with Gasteiger partial charge in [0.05, 0.1) is 13.2 Å². The highest BCUT2D eigenvalue weighted by Crippen LogP contribution is 2.31. The Kier molecular flexibility index (Phi) is 4.22. The molecule has 0 aliphatic heterocycles. The zero-order chi connectivity index (χ0) is 13.8. The fourth-order valence-electron chi connectivity index (χ4n) is 2.56. The summed E-state index contributed by atoms with van der Waals surface area (Å²) < 4.78 is 10.7. The van der Waals surface area contributed by atoms with E-state index < -0.39 is 12.1 Å². The average molecular weight is 262 g/mol. The quantitative estimate of drug-likeness (QED) is 0.909. The van der Waals surface area contributed by atoms with Crippen molar-refractivity contribution in [3.05, 3.63) is 41.0 Å². The van der Waals surface area contributed by atoms with Gasteiger partial charge in [-0.05, 0) is 24.8 Å². The molecule has 1 atom stereocenters. The van der Waals surface area contributed by atoms with E-state index in [-0.39, 0.29) is 5.57 Å². The first-order chi connectivity index (χ1) is 9.19. The number of carbonyl (C=O) groups is 1. The lowest BCUT2D eigenvalue weighted by molar-refractivity contribution is -0.134. The van der Waals surface area contributed by atoms with E-state index in [4.69, 9.17) is 9.47 Å². The predicted octanol–water partition coefficient (Wildman–Crippen LogP) is 2.48. The van der Waals surface area contributed by atoms with Gasteiger partial charge in [-0.2, -0.15) is 0 Å². The largest absolute Gasteiger partial charge is 0.495 e. The van der Waals surface area contributed by atoms with Crippen LogP contribution in [-0.4, -0.2) is 31.4 Å². The number of aryl methyl sites for hydroxylation is 1. The zero-order valence-corrected chi connectivity index (χ0v) is 11.2. The number of rotatable bonds is 3. The normalized spacial score (nSPS) is 23.2. The maximum Gasteiger partial charge on any atom is 0.338 e. The Morgan fingerprint density at radius 2 is 2.05 bits per heavy atom. The number of methoxy groups -OCH3 is 2. The molecule has 0 heterocycles. The minimum absolute atomic E-state index is 0.206. The van der Waals surface area contributed by atoms with Crippen molar-refractivity contribution < 1.29 is 19.4 Å². The second-order valence-corrected chi connectivity index (χ2v) is 4.53. The lowest BCUT2D eigenvalue weighted by Gasteiger charge is -2.23. The van der Waals surface area contributed by atoms with E-state index in [1.165, 1.54) is 14.2 Å². The Labute approximate surface area is 112 Å². The standard InChI is InChI=1S/C15H18O4/c1-18-12-9-5-7-10-6-3-4-8-11(10)14(19-2)13(12)15(16)17/h3-4,6,8,12H,5,7,9H2,1-2H3,(H,16,17)/b14-13-. The third-order valence-electron chi connectivity index (χ3n) is 3.46. The van der Waals surface area contributed by atoms with Crippen molar-refractivity contribution in [2.75, 3.05) is 14.2 Å². The van der Waals surface area contributed by atoms with Gasteiger partial charge >= 0.3 is 5.97 Å². The zero-order valence-electron chi connectivity index (χ0n) is 11.2. The predicted molar refractivity (Wildman–Crippen MR) is 71.7 cm³/mol. The van der Waals surface area contributed by atoms with E-state index in [0.29, 0.717) is 12.2 Å². The van der Waals surface area contributed by atoms with Crippen molar-refractivity contribution in [3.63, 3.8) is 0 Å². The van der Waals surface area contributed by atoms with E-state index >= 15 is 0 Å². The number of fused-ring (bicyclic) bond motifs is 1. The van der Waals surface area contributed by atoms with Gasteiger partial charge in [-0.3, -0.25) is 0 Å². The molecule has 0 saturated heterocycles. The third kappa shape index (κ3) is 2.63. The Balaban J connectivity index is 2.65. The number of hydrogen-bond donors (Lipinski definition) is 1. The van der Waals surface area contributed by atoms with Gasteiger partial charge in [0, 0.05) is 12.7 Å². The molecule has 0 radical (unpaired) electrons. The molecular formula is C15H18O4. The Morgan fingerprint density at radius 3 is 2.68 bits per heavy atom. The molecule has 1 aromatic rings. The van der Waals surface area contributed by atoms with Crippen molar-refractivity contribution in [2.24, 2.45) is 0 Å². The minimum Gasteiger partial charge on any atom is -0.495 e. The number of aliphatic carboxylic acids is 1. The molecule has 0 saturated carbocycles. The topological polar surface area (TPSA) is 55.8 Å². The summed E-state index contributed by atoms with van der Waals surface area (Å²) in [5.74, 6) is -0.574. The fraction of sp³-hybridized carbons (Fsp3) is 0.400. The van der Waals surface area contributed by atoms with Gasteiger partial charge in [0.15, 0.2) is 0 Å². The highest BCUT2D eigenvalue weighted by Gasteiger charge is 2.29. The first-order valence-electron chi connectivity index (χ1n) is 6.31. The summed E-state index contributed by atoms with van der Waals surface area (Å²) in [7, 11) is 3.04. The van der Waals surface area contributed by atoms with Gasteiger partial charge in [0.25, 0.3) is 0 Å². The number of carboxylic acids is 1. The average Bonchev–Trinajstić information content (AvgIpc) is 2.39. The molecule has 4 heteroatoms. The Bertz CT molecular complexity index is 505. The maximum atomic E-state index is 11.5. The van der Waals surface area contributed by atoms with Crippen LogP contribution in [0.2, 0.25) is 0 Å². The van der Waals surface area contributed by atoms with Crippen LogP contribution in [0.25, 0.3) is 5.76 Å². The van der Waals surface area contributed by atoms with Gasteiger partial charge < -0.3 is 14.6 Å². The van der Waals surface area contributed by atoms with Gasteiger partial charge in [0.1, 0.15) is 11.3 Å². The van der Waals surface area contributed by atoms with Crippen LogP contribution in [0.4, 0.5) is 0 Å². The molecule has 1 aliphatic carbocycles. The second-order valence-electron chi connectivity index (χ2n) is 4.53. The first-order valence-corrected chi connectivity index (χ1v) is 6.31. The SMILES string of the molecule is CO/C1=C(\C(=O)O)C(OC)CCCc2ccccc21. The molecule has 0 aromatic heterocycles. The van der Waals surface area contributed by atoms with E-state index in [9.17, 15) is 9.90 Å². The minimum atomic E-state index is -0.986. The molecule has 4 nitrogen and oxygen atoms in total. The molecule has 0 fully saturated rings. The van der Waals surface area contributed by atoms with Gasteiger partial charge in [-0.1, -0.05) is 24.3 Å². The van der Waals surface area contributed by atoms with Crippen LogP contribution >= 0.6 is 0 Å². The van der Waals surface area contributed by atoms with E-state index in [0.717, 1.165) is 24.0 Å². The van der Waals surface area contributed by atoms with Crippen LogP contribution in [0.5, 0.6) is 0 Å². The number of benzene rings is 1. The third-order valence-corrected chi connectivity index (χ3v) is 3.46. The summed E-state index contributed by atoms with van der Waals surface area (Å²) in [5.41, 5.74) is 2.17. The molecule has 1 N–H and O–H groups in total.